The number of ether oxygens (including phenoxy) is 1. The average Bonchev–Trinajstić information content (AvgIpc) is 3.18. The Labute approximate surface area is 195 Å². The van der Waals surface area contributed by atoms with Crippen LogP contribution < -0.4 is 5.32 Å². The van der Waals surface area contributed by atoms with E-state index in [-0.39, 0.29) is 24.0 Å². The van der Waals surface area contributed by atoms with E-state index >= 15 is 0 Å². The second-order valence-electron chi connectivity index (χ2n) is 7.57. The molecule has 0 radical (unpaired) electrons. The Balaban J connectivity index is 0.00000280. The van der Waals surface area contributed by atoms with Gasteiger partial charge in [0.15, 0.2) is 5.96 Å². The van der Waals surface area contributed by atoms with Crippen LogP contribution in [-0.2, 0) is 11.2 Å². The summed E-state index contributed by atoms with van der Waals surface area (Å²) in [6.45, 7) is 9.27. The highest BCUT2D eigenvalue weighted by Gasteiger charge is 2.30. The summed E-state index contributed by atoms with van der Waals surface area (Å²) in [7, 11) is 1.90. The number of morpholine rings is 1. The van der Waals surface area contributed by atoms with E-state index in [2.05, 4.69) is 67.2 Å². The van der Waals surface area contributed by atoms with Crippen LogP contribution in [0.25, 0.3) is 0 Å². The minimum Gasteiger partial charge on any atom is -0.379 e. The molecule has 5 nitrogen and oxygen atoms in total. The van der Waals surface area contributed by atoms with Gasteiger partial charge in [0.25, 0.3) is 0 Å². The van der Waals surface area contributed by atoms with Crippen LogP contribution in [0.3, 0.4) is 0 Å². The van der Waals surface area contributed by atoms with Crippen LogP contribution in [0.4, 0.5) is 0 Å². The zero-order chi connectivity index (χ0) is 19.1. The number of benzene rings is 1. The normalized spacial score (nSPS) is 22.0. The SMILES string of the molecule is CCC(CNC(=NC)N1CCC(N2CCOCC2)C1)Cc1cccc(Br)c1.I. The molecule has 0 aromatic heterocycles. The van der Waals surface area contributed by atoms with E-state index in [1.54, 1.807) is 0 Å². The first-order valence-electron chi connectivity index (χ1n) is 10.2. The number of rotatable bonds is 6. The highest BCUT2D eigenvalue weighted by atomic mass is 127. The topological polar surface area (TPSA) is 40.1 Å². The van der Waals surface area contributed by atoms with Crippen molar-refractivity contribution in [3.63, 3.8) is 0 Å². The summed E-state index contributed by atoms with van der Waals surface area (Å²) in [6.07, 6.45) is 3.47. The van der Waals surface area contributed by atoms with E-state index in [4.69, 9.17) is 4.74 Å². The van der Waals surface area contributed by atoms with Crippen LogP contribution in [0.5, 0.6) is 0 Å². The summed E-state index contributed by atoms with van der Waals surface area (Å²) in [6, 6.07) is 9.29. The van der Waals surface area contributed by atoms with Gasteiger partial charge in [-0.15, -0.1) is 24.0 Å². The van der Waals surface area contributed by atoms with Crippen molar-refractivity contribution < 1.29 is 4.74 Å². The van der Waals surface area contributed by atoms with Crippen molar-refractivity contribution in [1.82, 2.24) is 15.1 Å². The number of guanidine groups is 1. The lowest BCUT2D eigenvalue weighted by molar-refractivity contribution is 0.0195. The molecule has 0 spiro atoms. The Morgan fingerprint density at radius 3 is 2.79 bits per heavy atom. The molecule has 2 aliphatic rings. The van der Waals surface area contributed by atoms with Gasteiger partial charge in [0.05, 0.1) is 13.2 Å². The molecule has 7 heteroatoms. The van der Waals surface area contributed by atoms with Gasteiger partial charge >= 0.3 is 0 Å². The number of nitrogens with zero attached hydrogens (tertiary/aromatic N) is 3. The lowest BCUT2D eigenvalue weighted by atomic mass is 9.97. The van der Waals surface area contributed by atoms with Gasteiger partial charge in [-0.2, -0.15) is 0 Å². The molecule has 3 rings (SSSR count). The first kappa shape index (κ1) is 23.9. The molecule has 2 unspecified atom stereocenters. The first-order chi connectivity index (χ1) is 13.2. The molecule has 2 atom stereocenters. The Morgan fingerprint density at radius 2 is 2.11 bits per heavy atom. The second kappa shape index (κ2) is 12.3. The Hall–Kier alpha value is -0.380. The van der Waals surface area contributed by atoms with E-state index in [9.17, 15) is 0 Å². The van der Waals surface area contributed by atoms with E-state index in [1.807, 2.05) is 7.05 Å². The number of likely N-dealkylation sites (tertiary alicyclic amines) is 1. The summed E-state index contributed by atoms with van der Waals surface area (Å²) in [4.78, 5) is 9.56. The summed E-state index contributed by atoms with van der Waals surface area (Å²) in [5.41, 5.74) is 1.39. The maximum Gasteiger partial charge on any atom is 0.193 e. The van der Waals surface area contributed by atoms with Gasteiger partial charge in [-0.1, -0.05) is 41.4 Å². The van der Waals surface area contributed by atoms with Crippen molar-refractivity contribution in [1.29, 1.82) is 0 Å². The van der Waals surface area contributed by atoms with Gasteiger partial charge in [-0.25, -0.2) is 0 Å². The fourth-order valence-electron chi connectivity index (χ4n) is 4.10. The first-order valence-corrected chi connectivity index (χ1v) is 11.0. The third-order valence-corrected chi connectivity index (χ3v) is 6.27. The van der Waals surface area contributed by atoms with Crippen LogP contribution in [0.2, 0.25) is 0 Å². The Morgan fingerprint density at radius 1 is 1.32 bits per heavy atom. The third kappa shape index (κ3) is 6.85. The predicted octanol–water partition coefficient (Wildman–Crippen LogP) is 3.62. The molecule has 2 aliphatic heterocycles. The van der Waals surface area contributed by atoms with Crippen molar-refractivity contribution in [3.05, 3.63) is 34.3 Å². The Kier molecular flexibility index (Phi) is 10.5. The average molecular weight is 565 g/mol. The van der Waals surface area contributed by atoms with Gasteiger partial charge in [-0.05, 0) is 36.5 Å². The van der Waals surface area contributed by atoms with Gasteiger partial charge in [0.1, 0.15) is 0 Å². The van der Waals surface area contributed by atoms with Gasteiger partial charge in [-0.3, -0.25) is 9.89 Å². The van der Waals surface area contributed by atoms with Crippen molar-refractivity contribution >= 4 is 45.9 Å². The zero-order valence-electron chi connectivity index (χ0n) is 17.1. The summed E-state index contributed by atoms with van der Waals surface area (Å²) in [5.74, 6) is 1.66. The molecule has 1 N–H and O–H groups in total. The highest BCUT2D eigenvalue weighted by Crippen LogP contribution is 2.19. The fourth-order valence-corrected chi connectivity index (χ4v) is 4.55. The maximum absolute atomic E-state index is 5.49. The standard InChI is InChI=1S/C21H33BrN4O.HI/c1-3-17(13-18-5-4-6-19(22)14-18)15-24-21(23-2)26-8-7-20(16-26)25-9-11-27-12-10-25;/h4-6,14,17,20H,3,7-13,15-16H2,1-2H3,(H,23,24);1H. The highest BCUT2D eigenvalue weighted by molar-refractivity contribution is 14.0. The van der Waals surface area contributed by atoms with E-state index in [1.165, 1.54) is 12.0 Å². The van der Waals surface area contributed by atoms with E-state index < -0.39 is 0 Å². The number of aliphatic imine (C=N–C) groups is 1. The van der Waals surface area contributed by atoms with E-state index in [0.717, 1.165) is 69.2 Å². The predicted molar refractivity (Wildman–Crippen MR) is 131 cm³/mol. The lowest BCUT2D eigenvalue weighted by Crippen LogP contribution is -2.47. The van der Waals surface area contributed by atoms with Crippen LogP contribution >= 0.6 is 39.9 Å². The summed E-state index contributed by atoms with van der Waals surface area (Å²) >= 11 is 3.58. The van der Waals surface area contributed by atoms with E-state index in [0.29, 0.717) is 12.0 Å². The molecular formula is C21H34BrIN4O. The molecule has 2 saturated heterocycles. The molecule has 0 aliphatic carbocycles. The minimum atomic E-state index is 0. The van der Waals surface area contributed by atoms with Gasteiger partial charge < -0.3 is 15.0 Å². The molecule has 0 saturated carbocycles. The van der Waals surface area contributed by atoms with Crippen molar-refractivity contribution in [3.8, 4) is 0 Å². The smallest absolute Gasteiger partial charge is 0.193 e. The molecular weight excluding hydrogens is 531 g/mol. The van der Waals surface area contributed by atoms with Gasteiger partial charge in [0, 0.05) is 50.3 Å². The number of halogens is 2. The molecule has 158 valence electrons. The molecule has 1 aromatic rings. The fraction of sp³-hybridized carbons (Fsp3) is 0.667. The van der Waals surface area contributed by atoms with Crippen molar-refractivity contribution in [2.24, 2.45) is 10.9 Å². The Bertz CT molecular complexity index is 624. The summed E-state index contributed by atoms with van der Waals surface area (Å²) in [5, 5.41) is 3.64. The second-order valence-corrected chi connectivity index (χ2v) is 8.49. The molecule has 0 amide bonds. The molecule has 28 heavy (non-hydrogen) atoms. The number of hydrogen-bond donors (Lipinski definition) is 1. The zero-order valence-corrected chi connectivity index (χ0v) is 21.0. The van der Waals surface area contributed by atoms with Crippen LogP contribution in [-0.4, -0.2) is 74.8 Å². The van der Waals surface area contributed by atoms with Crippen LogP contribution in [0.15, 0.2) is 33.7 Å². The van der Waals surface area contributed by atoms with Crippen LogP contribution in [0.1, 0.15) is 25.3 Å². The quantitative estimate of drug-likeness (QED) is 0.325. The van der Waals surface area contributed by atoms with Crippen LogP contribution in [0, 0.1) is 5.92 Å². The number of nitrogens with one attached hydrogen (secondary N) is 1. The largest absolute Gasteiger partial charge is 0.379 e. The summed E-state index contributed by atoms with van der Waals surface area (Å²) < 4.78 is 6.65. The maximum atomic E-state index is 5.49. The number of hydrogen-bond acceptors (Lipinski definition) is 3. The third-order valence-electron chi connectivity index (χ3n) is 5.78. The molecule has 0 bridgehead atoms. The van der Waals surface area contributed by atoms with Crippen molar-refractivity contribution in [2.45, 2.75) is 32.2 Å². The minimum absolute atomic E-state index is 0. The molecule has 1 aromatic carbocycles. The van der Waals surface area contributed by atoms with Gasteiger partial charge in [0.2, 0.25) is 0 Å². The molecule has 2 heterocycles. The lowest BCUT2D eigenvalue weighted by Gasteiger charge is -2.32. The molecule has 2 fully saturated rings. The monoisotopic (exact) mass is 564 g/mol. The van der Waals surface area contributed by atoms with Crippen molar-refractivity contribution in [2.75, 3.05) is 53.0 Å².